The number of aromatic nitrogens is 2. The molecule has 2 aromatic heterocycles. The predicted octanol–water partition coefficient (Wildman–Crippen LogP) is 5.17. The Labute approximate surface area is 166 Å². The van der Waals surface area contributed by atoms with E-state index in [0.717, 1.165) is 45.1 Å². The second-order valence-corrected chi connectivity index (χ2v) is 9.50. The average molecular weight is 404 g/mol. The fourth-order valence-corrected chi connectivity index (χ4v) is 5.62. The Morgan fingerprint density at radius 3 is 3.00 bits per heavy atom. The molecule has 0 aliphatic carbocycles. The molecule has 3 heterocycles. The van der Waals surface area contributed by atoms with Crippen LogP contribution in [0.25, 0.3) is 10.2 Å². The number of hydrogen-bond donors (Lipinski definition) is 1. The van der Waals surface area contributed by atoms with Crippen LogP contribution in [0, 0.1) is 18.7 Å². The van der Waals surface area contributed by atoms with E-state index >= 15 is 0 Å². The largest absolute Gasteiger partial charge is 0.344 e. The maximum Gasteiger partial charge on any atom is 0.261 e. The summed E-state index contributed by atoms with van der Waals surface area (Å²) < 4.78 is 15.7. The van der Waals surface area contributed by atoms with E-state index in [4.69, 9.17) is 0 Å². The molecule has 0 spiro atoms. The normalized spacial score (nSPS) is 16.7. The van der Waals surface area contributed by atoms with Crippen molar-refractivity contribution in [2.45, 2.75) is 44.7 Å². The first-order valence-corrected chi connectivity index (χ1v) is 10.9. The summed E-state index contributed by atoms with van der Waals surface area (Å²) in [6, 6.07) is 6.60. The number of halogens is 1. The van der Waals surface area contributed by atoms with Gasteiger partial charge in [0.15, 0.2) is 0 Å². The van der Waals surface area contributed by atoms with Gasteiger partial charge in [0.2, 0.25) is 0 Å². The molecule has 0 fully saturated rings. The highest BCUT2D eigenvalue weighted by Crippen LogP contribution is 2.37. The van der Waals surface area contributed by atoms with Gasteiger partial charge in [0, 0.05) is 22.6 Å². The molecule has 1 aliphatic heterocycles. The third kappa shape index (κ3) is 3.62. The van der Waals surface area contributed by atoms with E-state index in [2.05, 4.69) is 24.3 Å². The van der Waals surface area contributed by atoms with Gasteiger partial charge in [0.25, 0.3) is 5.91 Å². The first-order valence-electron chi connectivity index (χ1n) is 9.12. The van der Waals surface area contributed by atoms with Gasteiger partial charge in [-0.15, -0.1) is 23.1 Å². The van der Waals surface area contributed by atoms with Gasteiger partial charge in [-0.1, -0.05) is 13.8 Å². The molecule has 3 aromatic rings. The van der Waals surface area contributed by atoms with Gasteiger partial charge >= 0.3 is 0 Å². The van der Waals surface area contributed by atoms with Gasteiger partial charge in [-0.2, -0.15) is 5.10 Å². The van der Waals surface area contributed by atoms with E-state index in [9.17, 15) is 9.18 Å². The van der Waals surface area contributed by atoms with Crippen LogP contribution < -0.4 is 5.32 Å². The molecule has 27 heavy (non-hydrogen) atoms. The molecule has 1 aliphatic rings. The summed E-state index contributed by atoms with van der Waals surface area (Å²) in [5.74, 6) is 1.04. The van der Waals surface area contributed by atoms with Crippen LogP contribution in [0.2, 0.25) is 0 Å². The number of aryl methyl sites for hydroxylation is 1. The highest BCUT2D eigenvalue weighted by Gasteiger charge is 2.25. The number of carbonyl (C=O) groups is 1. The van der Waals surface area contributed by atoms with Gasteiger partial charge in [0.05, 0.1) is 16.6 Å². The summed E-state index contributed by atoms with van der Waals surface area (Å²) in [7, 11) is 0. The second kappa shape index (κ2) is 7.28. The van der Waals surface area contributed by atoms with Gasteiger partial charge in [-0.3, -0.25) is 9.48 Å². The number of carbonyl (C=O) groups excluding carboxylic acids is 1. The molecule has 0 bridgehead atoms. The van der Waals surface area contributed by atoms with Crippen molar-refractivity contribution in [3.05, 3.63) is 46.2 Å². The van der Waals surface area contributed by atoms with Crippen LogP contribution in [-0.2, 0) is 6.54 Å². The lowest BCUT2D eigenvalue weighted by atomic mass is 10.0. The monoisotopic (exact) mass is 403 g/mol. The van der Waals surface area contributed by atoms with Crippen LogP contribution in [0.4, 0.5) is 4.39 Å². The van der Waals surface area contributed by atoms with E-state index in [0.29, 0.717) is 10.8 Å². The first-order chi connectivity index (χ1) is 12.9. The van der Waals surface area contributed by atoms with Crippen LogP contribution in [0.5, 0.6) is 0 Å². The van der Waals surface area contributed by atoms with Crippen molar-refractivity contribution in [2.24, 2.45) is 5.92 Å². The molecule has 4 nitrogen and oxygen atoms in total. The fourth-order valence-electron chi connectivity index (χ4n) is 3.44. The zero-order chi connectivity index (χ0) is 19.1. The minimum absolute atomic E-state index is 0.0983. The molecular weight excluding hydrogens is 381 g/mol. The Bertz CT molecular complexity index is 1010. The zero-order valence-corrected chi connectivity index (χ0v) is 17.2. The van der Waals surface area contributed by atoms with E-state index in [1.165, 1.54) is 17.4 Å². The Morgan fingerprint density at radius 2 is 2.22 bits per heavy atom. The van der Waals surface area contributed by atoms with Crippen molar-refractivity contribution in [2.75, 3.05) is 5.75 Å². The van der Waals surface area contributed by atoms with Gasteiger partial charge in [-0.25, -0.2) is 4.39 Å². The molecule has 0 saturated carbocycles. The zero-order valence-electron chi connectivity index (χ0n) is 15.6. The molecule has 0 unspecified atom stereocenters. The standard InChI is InChI=1S/C20H22FN3OS2/c1-11(2)10-24-20-14(12(3)23-24)9-18(27-20)19(25)22-16-6-7-26-17-5-4-13(21)8-15(16)17/h4-5,8-9,11,16H,6-7,10H2,1-3H3,(H,22,25)/t16-/m0/s1. The van der Waals surface area contributed by atoms with Crippen molar-refractivity contribution in [3.63, 3.8) is 0 Å². The van der Waals surface area contributed by atoms with Gasteiger partial charge in [0.1, 0.15) is 10.6 Å². The van der Waals surface area contributed by atoms with Crippen LogP contribution in [0.1, 0.15) is 47.2 Å². The molecule has 7 heteroatoms. The average Bonchev–Trinajstić information content (AvgIpc) is 3.17. The SMILES string of the molecule is Cc1nn(CC(C)C)c2sc(C(=O)N[C@H]3CCSc4ccc(F)cc43)cc12. The number of rotatable bonds is 4. The fraction of sp³-hybridized carbons (Fsp3) is 0.400. The summed E-state index contributed by atoms with van der Waals surface area (Å²) in [4.78, 5) is 15.7. The van der Waals surface area contributed by atoms with E-state index in [1.54, 1.807) is 23.9 Å². The molecule has 142 valence electrons. The molecule has 1 atom stereocenters. The number of nitrogens with one attached hydrogen (secondary N) is 1. The summed E-state index contributed by atoms with van der Waals surface area (Å²) in [6.07, 6.45) is 0.803. The maximum atomic E-state index is 13.7. The third-order valence-corrected chi connectivity index (χ3v) is 6.96. The minimum atomic E-state index is -0.262. The molecular formula is C20H22FN3OS2. The van der Waals surface area contributed by atoms with Crippen molar-refractivity contribution in [3.8, 4) is 0 Å². The van der Waals surface area contributed by atoms with Crippen LogP contribution in [0.15, 0.2) is 29.2 Å². The van der Waals surface area contributed by atoms with Crippen molar-refractivity contribution >= 4 is 39.2 Å². The first kappa shape index (κ1) is 18.5. The maximum absolute atomic E-state index is 13.7. The quantitative estimate of drug-likeness (QED) is 0.654. The molecule has 1 N–H and O–H groups in total. The Hall–Kier alpha value is -1.86. The number of hydrogen-bond acceptors (Lipinski definition) is 4. The summed E-state index contributed by atoms with van der Waals surface area (Å²) >= 11 is 3.19. The van der Waals surface area contributed by atoms with Crippen LogP contribution >= 0.6 is 23.1 Å². The Balaban J connectivity index is 1.60. The number of amides is 1. The van der Waals surface area contributed by atoms with Crippen molar-refractivity contribution in [1.29, 1.82) is 0 Å². The van der Waals surface area contributed by atoms with Crippen molar-refractivity contribution in [1.82, 2.24) is 15.1 Å². The molecule has 4 rings (SSSR count). The van der Waals surface area contributed by atoms with E-state index < -0.39 is 0 Å². The van der Waals surface area contributed by atoms with Crippen LogP contribution in [0.3, 0.4) is 0 Å². The predicted molar refractivity (Wildman–Crippen MR) is 109 cm³/mol. The lowest BCUT2D eigenvalue weighted by Crippen LogP contribution is -2.30. The molecule has 0 radical (unpaired) electrons. The smallest absolute Gasteiger partial charge is 0.261 e. The highest BCUT2D eigenvalue weighted by molar-refractivity contribution is 7.99. The Kier molecular flexibility index (Phi) is 4.99. The van der Waals surface area contributed by atoms with Gasteiger partial charge < -0.3 is 5.32 Å². The van der Waals surface area contributed by atoms with E-state index in [-0.39, 0.29) is 17.8 Å². The van der Waals surface area contributed by atoms with Gasteiger partial charge in [-0.05, 0) is 49.1 Å². The highest BCUT2D eigenvalue weighted by atomic mass is 32.2. The van der Waals surface area contributed by atoms with Crippen molar-refractivity contribution < 1.29 is 9.18 Å². The number of thioether (sulfide) groups is 1. The number of fused-ring (bicyclic) bond motifs is 2. The van der Waals surface area contributed by atoms with Crippen LogP contribution in [-0.4, -0.2) is 21.4 Å². The molecule has 1 amide bonds. The lowest BCUT2D eigenvalue weighted by Gasteiger charge is -2.25. The molecule has 0 saturated heterocycles. The Morgan fingerprint density at radius 1 is 1.41 bits per heavy atom. The number of thiophene rings is 1. The minimum Gasteiger partial charge on any atom is -0.344 e. The lowest BCUT2D eigenvalue weighted by molar-refractivity contribution is 0.0939. The third-order valence-electron chi connectivity index (χ3n) is 4.69. The summed E-state index contributed by atoms with van der Waals surface area (Å²) in [6.45, 7) is 7.12. The summed E-state index contributed by atoms with van der Waals surface area (Å²) in [5, 5.41) is 8.75. The second-order valence-electron chi connectivity index (χ2n) is 7.34. The number of nitrogens with zero attached hydrogens (tertiary/aromatic N) is 2. The molecule has 1 aromatic carbocycles. The van der Waals surface area contributed by atoms with E-state index in [1.807, 2.05) is 17.7 Å². The number of benzene rings is 1. The summed E-state index contributed by atoms with van der Waals surface area (Å²) in [5.41, 5.74) is 1.82. The topological polar surface area (TPSA) is 46.9 Å².